The minimum atomic E-state index is -0.611. The number of hydrogen-bond donors (Lipinski definition) is 2. The molecule has 182 valence electrons. The number of hydrogen-bond acceptors (Lipinski definition) is 5. The lowest BCUT2D eigenvalue weighted by molar-refractivity contribution is -0.149. The largest absolute Gasteiger partial charge is 0.457 e. The first-order valence-electron chi connectivity index (χ1n) is 11.5. The monoisotopic (exact) mass is 474 g/mol. The lowest BCUT2D eigenvalue weighted by Crippen LogP contribution is -2.31. The summed E-state index contributed by atoms with van der Waals surface area (Å²) in [5, 5.41) is 5.51. The van der Waals surface area contributed by atoms with Crippen LogP contribution in [0.2, 0.25) is 0 Å². The molecule has 3 aromatic carbocycles. The van der Waals surface area contributed by atoms with Crippen LogP contribution in [0, 0.1) is 13.8 Å². The number of carbonyl (C=O) groups excluding carboxylic acids is 3. The van der Waals surface area contributed by atoms with Gasteiger partial charge in [0, 0.05) is 12.1 Å². The molecule has 0 saturated heterocycles. The Morgan fingerprint density at radius 1 is 0.800 bits per heavy atom. The maximum atomic E-state index is 12.2. The number of rotatable bonds is 10. The van der Waals surface area contributed by atoms with E-state index in [-0.39, 0.29) is 31.4 Å². The Balaban J connectivity index is 1.38. The van der Waals surface area contributed by atoms with Crippen LogP contribution in [0.3, 0.4) is 0 Å². The van der Waals surface area contributed by atoms with Gasteiger partial charge in [-0.15, -0.1) is 0 Å². The van der Waals surface area contributed by atoms with Gasteiger partial charge in [0.15, 0.2) is 6.61 Å². The van der Waals surface area contributed by atoms with Crippen LogP contribution in [0.15, 0.2) is 72.8 Å². The Morgan fingerprint density at radius 3 is 2.11 bits per heavy atom. The lowest BCUT2D eigenvalue weighted by atomic mass is 10.1. The van der Waals surface area contributed by atoms with Crippen molar-refractivity contribution in [2.75, 3.05) is 11.9 Å². The fraction of sp³-hybridized carbons (Fsp3) is 0.250. The molecule has 0 fully saturated rings. The maximum Gasteiger partial charge on any atom is 0.306 e. The average molecular weight is 475 g/mol. The molecule has 0 radical (unpaired) electrons. The second kappa shape index (κ2) is 12.4. The summed E-state index contributed by atoms with van der Waals surface area (Å²) in [4.78, 5) is 36.1. The summed E-state index contributed by atoms with van der Waals surface area (Å²) in [6.45, 7) is 5.43. The minimum Gasteiger partial charge on any atom is -0.457 e. The number of benzene rings is 3. The third-order valence-electron chi connectivity index (χ3n) is 5.36. The van der Waals surface area contributed by atoms with Gasteiger partial charge in [0.25, 0.3) is 5.91 Å². The van der Waals surface area contributed by atoms with E-state index >= 15 is 0 Å². The maximum absolute atomic E-state index is 12.2. The highest BCUT2D eigenvalue weighted by atomic mass is 16.5. The molecule has 3 rings (SSSR count). The molecule has 0 unspecified atom stereocenters. The molecule has 35 heavy (non-hydrogen) atoms. The quantitative estimate of drug-likeness (QED) is 0.392. The van der Waals surface area contributed by atoms with Gasteiger partial charge in [-0.2, -0.15) is 0 Å². The summed E-state index contributed by atoms with van der Waals surface area (Å²) >= 11 is 0. The van der Waals surface area contributed by atoms with Crippen molar-refractivity contribution in [3.8, 4) is 11.5 Å². The topological polar surface area (TPSA) is 93.7 Å². The number of esters is 1. The van der Waals surface area contributed by atoms with Crippen LogP contribution < -0.4 is 15.4 Å². The van der Waals surface area contributed by atoms with Gasteiger partial charge in [0.05, 0.1) is 12.5 Å². The van der Waals surface area contributed by atoms with E-state index in [0.29, 0.717) is 11.4 Å². The smallest absolute Gasteiger partial charge is 0.306 e. The molecule has 0 aliphatic rings. The highest BCUT2D eigenvalue weighted by molar-refractivity contribution is 5.92. The first kappa shape index (κ1) is 25.5. The van der Waals surface area contributed by atoms with E-state index in [9.17, 15) is 14.4 Å². The second-order valence-corrected chi connectivity index (χ2v) is 8.26. The number of anilines is 1. The van der Waals surface area contributed by atoms with Crippen molar-refractivity contribution in [3.05, 3.63) is 89.5 Å². The SMILES string of the molecule is Cc1cccc(C)c1Oc1ccc(NC(=O)CCC(=O)OCC(=O)N[C@@H](C)c2ccccc2)cc1. The number of carbonyl (C=O) groups is 3. The number of nitrogens with one attached hydrogen (secondary N) is 2. The number of amides is 2. The van der Waals surface area contributed by atoms with Crippen molar-refractivity contribution in [1.29, 1.82) is 0 Å². The van der Waals surface area contributed by atoms with Crippen LogP contribution in [-0.4, -0.2) is 24.4 Å². The average Bonchev–Trinajstić information content (AvgIpc) is 2.85. The van der Waals surface area contributed by atoms with E-state index in [1.807, 2.05) is 69.3 Å². The summed E-state index contributed by atoms with van der Waals surface area (Å²) in [6.07, 6.45) is -0.178. The summed E-state index contributed by atoms with van der Waals surface area (Å²) in [6, 6.07) is 22.2. The molecule has 3 aromatic rings. The normalized spacial score (nSPS) is 11.3. The fourth-order valence-corrected chi connectivity index (χ4v) is 3.45. The van der Waals surface area contributed by atoms with Crippen LogP contribution >= 0.6 is 0 Å². The summed E-state index contributed by atoms with van der Waals surface area (Å²) in [7, 11) is 0. The standard InChI is InChI=1S/C28H30N2O5/c1-19-8-7-9-20(2)28(19)35-24-14-12-23(13-15-24)30-25(31)16-17-27(33)34-18-26(32)29-21(3)22-10-5-4-6-11-22/h4-15,21H,16-18H2,1-3H3,(H,29,32)(H,30,31)/t21-/m0/s1. The predicted octanol–water partition coefficient (Wildman–Crippen LogP) is 5.24. The zero-order valence-corrected chi connectivity index (χ0v) is 20.2. The van der Waals surface area contributed by atoms with Gasteiger partial charge in [-0.3, -0.25) is 14.4 Å². The van der Waals surface area contributed by atoms with Gasteiger partial charge in [-0.25, -0.2) is 0 Å². The molecule has 0 aliphatic carbocycles. The zero-order chi connectivity index (χ0) is 25.2. The summed E-state index contributed by atoms with van der Waals surface area (Å²) in [5.74, 6) is 0.129. The first-order chi connectivity index (χ1) is 16.8. The van der Waals surface area contributed by atoms with Crippen LogP contribution in [0.25, 0.3) is 0 Å². The molecular weight excluding hydrogens is 444 g/mol. The molecule has 7 heteroatoms. The van der Waals surface area contributed by atoms with Gasteiger partial charge < -0.3 is 20.1 Å². The summed E-state index contributed by atoms with van der Waals surface area (Å²) < 4.78 is 11.0. The molecular formula is C28H30N2O5. The van der Waals surface area contributed by atoms with Crippen LogP contribution in [0.1, 0.15) is 42.5 Å². The van der Waals surface area contributed by atoms with Crippen molar-refractivity contribution in [2.45, 2.75) is 39.7 Å². The molecule has 0 aliphatic heterocycles. The molecule has 0 bridgehead atoms. The Labute approximate surface area is 205 Å². The Bertz CT molecular complexity index is 1140. The molecule has 0 heterocycles. The van der Waals surface area contributed by atoms with E-state index < -0.39 is 11.9 Å². The van der Waals surface area contributed by atoms with Crippen molar-refractivity contribution < 1.29 is 23.9 Å². The third-order valence-corrected chi connectivity index (χ3v) is 5.36. The second-order valence-electron chi connectivity index (χ2n) is 8.26. The Morgan fingerprint density at radius 2 is 1.46 bits per heavy atom. The lowest BCUT2D eigenvalue weighted by Gasteiger charge is -2.14. The van der Waals surface area contributed by atoms with Crippen LogP contribution in [0.4, 0.5) is 5.69 Å². The molecule has 7 nitrogen and oxygen atoms in total. The van der Waals surface area contributed by atoms with E-state index in [4.69, 9.17) is 9.47 Å². The predicted molar refractivity (Wildman–Crippen MR) is 134 cm³/mol. The molecule has 2 amide bonds. The summed E-state index contributed by atoms with van der Waals surface area (Å²) in [5.41, 5.74) is 3.62. The number of aryl methyl sites for hydroxylation is 2. The molecule has 2 N–H and O–H groups in total. The van der Waals surface area contributed by atoms with Crippen LogP contribution in [-0.2, 0) is 19.1 Å². The molecule has 1 atom stereocenters. The van der Waals surface area contributed by atoms with Crippen LogP contribution in [0.5, 0.6) is 11.5 Å². The van der Waals surface area contributed by atoms with E-state index in [1.54, 1.807) is 24.3 Å². The van der Waals surface area contributed by atoms with Crippen molar-refractivity contribution in [3.63, 3.8) is 0 Å². The first-order valence-corrected chi connectivity index (χ1v) is 11.5. The highest BCUT2D eigenvalue weighted by Gasteiger charge is 2.13. The minimum absolute atomic E-state index is 0.0540. The fourth-order valence-electron chi connectivity index (χ4n) is 3.45. The van der Waals surface area contributed by atoms with Gasteiger partial charge in [-0.05, 0) is 61.7 Å². The zero-order valence-electron chi connectivity index (χ0n) is 20.2. The molecule has 0 aromatic heterocycles. The van der Waals surface area contributed by atoms with Gasteiger partial charge in [0.2, 0.25) is 5.91 Å². The highest BCUT2D eigenvalue weighted by Crippen LogP contribution is 2.29. The number of para-hydroxylation sites is 1. The van der Waals surface area contributed by atoms with Gasteiger partial charge in [-0.1, -0.05) is 48.5 Å². The third kappa shape index (κ3) is 7.99. The van der Waals surface area contributed by atoms with E-state index in [2.05, 4.69) is 10.6 Å². The Hall–Kier alpha value is -4.13. The van der Waals surface area contributed by atoms with Gasteiger partial charge in [0.1, 0.15) is 11.5 Å². The van der Waals surface area contributed by atoms with Crippen molar-refractivity contribution in [1.82, 2.24) is 5.32 Å². The van der Waals surface area contributed by atoms with Gasteiger partial charge >= 0.3 is 5.97 Å². The van der Waals surface area contributed by atoms with Crippen molar-refractivity contribution in [2.24, 2.45) is 0 Å². The number of ether oxygens (including phenoxy) is 2. The van der Waals surface area contributed by atoms with E-state index in [0.717, 1.165) is 22.4 Å². The Kier molecular flexibility index (Phi) is 9.01. The molecule has 0 saturated carbocycles. The molecule has 0 spiro atoms. The van der Waals surface area contributed by atoms with Crippen molar-refractivity contribution >= 4 is 23.5 Å². The van der Waals surface area contributed by atoms with E-state index in [1.165, 1.54) is 0 Å².